The fraction of sp³-hybridized carbons (Fsp3) is 0.467. The molecule has 0 bridgehead atoms. The van der Waals surface area contributed by atoms with E-state index in [9.17, 15) is 9.59 Å². The van der Waals surface area contributed by atoms with E-state index in [0.29, 0.717) is 28.9 Å². The van der Waals surface area contributed by atoms with Crippen molar-refractivity contribution in [1.29, 1.82) is 0 Å². The molecule has 0 aliphatic carbocycles. The van der Waals surface area contributed by atoms with Crippen LogP contribution in [0.3, 0.4) is 0 Å². The molecule has 4 N–H and O–H groups in total. The van der Waals surface area contributed by atoms with Gasteiger partial charge in [0.25, 0.3) is 0 Å². The van der Waals surface area contributed by atoms with Gasteiger partial charge in [0.2, 0.25) is 11.8 Å². The summed E-state index contributed by atoms with van der Waals surface area (Å²) in [6, 6.07) is 4.95. The first-order valence-electron chi connectivity index (χ1n) is 6.91. The second kappa shape index (κ2) is 8.00. The average molecular weight is 312 g/mol. The van der Waals surface area contributed by atoms with Crippen LogP contribution in [0, 0.1) is 11.8 Å². The van der Waals surface area contributed by atoms with Crippen LogP contribution in [0.2, 0.25) is 5.02 Å². The van der Waals surface area contributed by atoms with Gasteiger partial charge in [0.1, 0.15) is 0 Å². The van der Waals surface area contributed by atoms with Crippen LogP contribution < -0.4 is 16.4 Å². The van der Waals surface area contributed by atoms with Gasteiger partial charge < -0.3 is 16.4 Å². The quantitative estimate of drug-likeness (QED) is 0.755. The second-order valence-corrected chi connectivity index (χ2v) is 5.83. The number of carbonyl (C=O) groups excluding carboxylic acids is 2. The van der Waals surface area contributed by atoms with E-state index >= 15 is 0 Å². The Morgan fingerprint density at radius 3 is 2.43 bits per heavy atom. The van der Waals surface area contributed by atoms with Gasteiger partial charge in [0.05, 0.1) is 16.6 Å². The number of nitrogens with one attached hydrogen (secondary N) is 2. The molecule has 2 amide bonds. The van der Waals surface area contributed by atoms with Gasteiger partial charge in [-0.25, -0.2) is 0 Å². The Balaban J connectivity index is 2.76. The van der Waals surface area contributed by atoms with E-state index < -0.39 is 0 Å². The normalized spacial score (nSPS) is 12.1. The smallest absolute Gasteiger partial charge is 0.228 e. The number of nitrogens with two attached hydrogens (primary N) is 1. The van der Waals surface area contributed by atoms with E-state index in [1.807, 2.05) is 0 Å². The minimum Gasteiger partial charge on any atom is -0.330 e. The van der Waals surface area contributed by atoms with Crippen LogP contribution in [0.5, 0.6) is 0 Å². The van der Waals surface area contributed by atoms with Crippen molar-refractivity contribution < 1.29 is 9.59 Å². The zero-order chi connectivity index (χ0) is 16.0. The summed E-state index contributed by atoms with van der Waals surface area (Å²) in [5, 5.41) is 5.79. The van der Waals surface area contributed by atoms with Gasteiger partial charge in [-0.3, -0.25) is 9.59 Å². The lowest BCUT2D eigenvalue weighted by molar-refractivity contribution is -0.120. The predicted octanol–water partition coefficient (Wildman–Crippen LogP) is 2.86. The fourth-order valence-electron chi connectivity index (χ4n) is 2.01. The number of halogens is 1. The maximum atomic E-state index is 12.1. The van der Waals surface area contributed by atoms with Crippen LogP contribution in [-0.2, 0) is 9.59 Å². The molecule has 6 heteroatoms. The summed E-state index contributed by atoms with van der Waals surface area (Å²) in [4.78, 5) is 23.2. The Morgan fingerprint density at radius 2 is 1.95 bits per heavy atom. The zero-order valence-electron chi connectivity index (χ0n) is 12.6. The molecule has 21 heavy (non-hydrogen) atoms. The molecular weight excluding hydrogens is 290 g/mol. The maximum absolute atomic E-state index is 12.1. The van der Waals surface area contributed by atoms with Crippen molar-refractivity contribution in [2.24, 2.45) is 17.6 Å². The Hall–Kier alpha value is -1.59. The first-order valence-corrected chi connectivity index (χ1v) is 7.29. The number of carbonyl (C=O) groups is 2. The van der Waals surface area contributed by atoms with E-state index in [0.717, 1.165) is 6.42 Å². The van der Waals surface area contributed by atoms with Crippen LogP contribution in [0.25, 0.3) is 0 Å². The first-order chi connectivity index (χ1) is 9.83. The molecule has 0 aliphatic rings. The van der Waals surface area contributed by atoms with Gasteiger partial charge in [0, 0.05) is 19.2 Å². The molecule has 5 nitrogen and oxygen atoms in total. The molecule has 1 rings (SSSR count). The lowest BCUT2D eigenvalue weighted by Crippen LogP contribution is -2.30. The molecule has 0 aromatic heterocycles. The van der Waals surface area contributed by atoms with Gasteiger partial charge in [0.15, 0.2) is 0 Å². The Morgan fingerprint density at radius 1 is 1.29 bits per heavy atom. The predicted molar refractivity (Wildman–Crippen MR) is 86.4 cm³/mol. The topological polar surface area (TPSA) is 84.2 Å². The van der Waals surface area contributed by atoms with Crippen LogP contribution in [0.15, 0.2) is 18.2 Å². The molecule has 1 aromatic rings. The summed E-state index contributed by atoms with van der Waals surface area (Å²) in [6.45, 7) is 5.82. The van der Waals surface area contributed by atoms with Gasteiger partial charge in [-0.05, 0) is 30.5 Å². The van der Waals surface area contributed by atoms with Crippen molar-refractivity contribution in [3.8, 4) is 0 Å². The van der Waals surface area contributed by atoms with Crippen molar-refractivity contribution in [1.82, 2.24) is 0 Å². The SMILES string of the molecule is CC(=O)Nc1ccc(NC(=O)C(CN)CC(C)C)cc1Cl. The molecule has 1 atom stereocenters. The Labute approximate surface area is 130 Å². The van der Waals surface area contributed by atoms with E-state index in [1.165, 1.54) is 6.92 Å². The van der Waals surface area contributed by atoms with Crippen LogP contribution in [0.1, 0.15) is 27.2 Å². The molecule has 1 aromatic carbocycles. The lowest BCUT2D eigenvalue weighted by atomic mass is 9.96. The van der Waals surface area contributed by atoms with Gasteiger partial charge in [-0.15, -0.1) is 0 Å². The monoisotopic (exact) mass is 311 g/mol. The minimum absolute atomic E-state index is 0.116. The molecule has 0 saturated heterocycles. The summed E-state index contributed by atoms with van der Waals surface area (Å²) < 4.78 is 0. The molecule has 0 radical (unpaired) electrons. The first kappa shape index (κ1) is 17.5. The third kappa shape index (κ3) is 5.73. The van der Waals surface area contributed by atoms with Crippen LogP contribution in [0.4, 0.5) is 11.4 Å². The minimum atomic E-state index is -0.223. The molecule has 0 saturated carbocycles. The molecule has 0 aliphatic heterocycles. The van der Waals surface area contributed by atoms with Crippen molar-refractivity contribution >= 4 is 34.8 Å². The number of benzene rings is 1. The largest absolute Gasteiger partial charge is 0.330 e. The number of anilines is 2. The van der Waals surface area contributed by atoms with Crippen molar-refractivity contribution in [3.05, 3.63) is 23.2 Å². The molecule has 1 unspecified atom stereocenters. The highest BCUT2D eigenvalue weighted by Gasteiger charge is 2.18. The zero-order valence-corrected chi connectivity index (χ0v) is 13.3. The summed E-state index contributed by atoms with van der Waals surface area (Å²) in [7, 11) is 0. The Kier molecular flexibility index (Phi) is 6.65. The van der Waals surface area contributed by atoms with Gasteiger partial charge in [-0.2, -0.15) is 0 Å². The number of hydrogen-bond acceptors (Lipinski definition) is 3. The van der Waals surface area contributed by atoms with E-state index in [4.69, 9.17) is 17.3 Å². The second-order valence-electron chi connectivity index (χ2n) is 5.43. The molecular formula is C15H22ClN3O2. The van der Waals surface area contributed by atoms with Gasteiger partial charge in [-0.1, -0.05) is 25.4 Å². The van der Waals surface area contributed by atoms with Crippen molar-refractivity contribution in [2.45, 2.75) is 27.2 Å². The van der Waals surface area contributed by atoms with Crippen molar-refractivity contribution in [3.63, 3.8) is 0 Å². The van der Waals surface area contributed by atoms with Crippen molar-refractivity contribution in [2.75, 3.05) is 17.2 Å². The van der Waals surface area contributed by atoms with Crippen LogP contribution >= 0.6 is 11.6 Å². The maximum Gasteiger partial charge on any atom is 0.228 e. The standard InChI is InChI=1S/C15H22ClN3O2/c1-9(2)6-11(8-17)15(21)19-12-4-5-14(13(16)7-12)18-10(3)20/h4-5,7,9,11H,6,8,17H2,1-3H3,(H,18,20)(H,19,21). The van der Waals surface area contributed by atoms with E-state index in [2.05, 4.69) is 24.5 Å². The fourth-order valence-corrected chi connectivity index (χ4v) is 2.24. The summed E-state index contributed by atoms with van der Waals surface area (Å²) in [5.41, 5.74) is 6.75. The number of amides is 2. The summed E-state index contributed by atoms with van der Waals surface area (Å²) >= 11 is 6.06. The van der Waals surface area contributed by atoms with Crippen LogP contribution in [-0.4, -0.2) is 18.4 Å². The summed E-state index contributed by atoms with van der Waals surface area (Å²) in [6.07, 6.45) is 0.736. The Bertz CT molecular complexity index is 518. The van der Waals surface area contributed by atoms with E-state index in [-0.39, 0.29) is 17.7 Å². The van der Waals surface area contributed by atoms with Gasteiger partial charge >= 0.3 is 0 Å². The highest BCUT2D eigenvalue weighted by molar-refractivity contribution is 6.34. The number of rotatable bonds is 6. The summed E-state index contributed by atoms with van der Waals surface area (Å²) in [5.74, 6) is -0.141. The molecule has 0 heterocycles. The average Bonchev–Trinajstić information content (AvgIpc) is 2.38. The molecule has 0 spiro atoms. The highest BCUT2D eigenvalue weighted by Crippen LogP contribution is 2.26. The van der Waals surface area contributed by atoms with E-state index in [1.54, 1.807) is 18.2 Å². The third-order valence-electron chi connectivity index (χ3n) is 2.96. The lowest BCUT2D eigenvalue weighted by Gasteiger charge is -2.17. The molecule has 116 valence electrons. The highest BCUT2D eigenvalue weighted by atomic mass is 35.5. The molecule has 0 fully saturated rings. The third-order valence-corrected chi connectivity index (χ3v) is 3.27. The number of hydrogen-bond donors (Lipinski definition) is 3.